The second kappa shape index (κ2) is 4.21. The van der Waals surface area contributed by atoms with Crippen LogP contribution in [-0.4, -0.2) is 35.2 Å². The summed E-state index contributed by atoms with van der Waals surface area (Å²) in [6.07, 6.45) is -11.6. The lowest BCUT2D eigenvalue weighted by Crippen LogP contribution is -2.61. The van der Waals surface area contributed by atoms with Gasteiger partial charge in [0.1, 0.15) is 0 Å². The first-order valence-corrected chi connectivity index (χ1v) is 3.88. The van der Waals surface area contributed by atoms with E-state index in [0.29, 0.717) is 0 Å². The Morgan fingerprint density at radius 2 is 1.18 bits per heavy atom. The summed E-state index contributed by atoms with van der Waals surface area (Å²) in [5, 5.41) is 8.27. The molecule has 0 aliphatic carbocycles. The molecular weight excluding hydrogens is 271 g/mol. The highest BCUT2D eigenvalue weighted by Gasteiger charge is 2.81. The van der Waals surface area contributed by atoms with E-state index >= 15 is 0 Å². The van der Waals surface area contributed by atoms with Gasteiger partial charge in [0, 0.05) is 6.42 Å². The molecule has 0 saturated heterocycles. The van der Waals surface area contributed by atoms with Crippen molar-refractivity contribution >= 4 is 0 Å². The Morgan fingerprint density at radius 1 is 0.824 bits per heavy atom. The second-order valence-electron chi connectivity index (χ2n) is 3.21. The van der Waals surface area contributed by atoms with Gasteiger partial charge in [0.15, 0.2) is 0 Å². The molecule has 0 aliphatic heterocycles. The van der Waals surface area contributed by atoms with Gasteiger partial charge in [-0.3, -0.25) is 0 Å². The van der Waals surface area contributed by atoms with Crippen LogP contribution in [-0.2, 0) is 0 Å². The highest BCUT2D eigenvalue weighted by molar-refractivity contribution is 5.01. The van der Waals surface area contributed by atoms with Crippen molar-refractivity contribution in [2.45, 2.75) is 36.5 Å². The number of hydrogen-bond acceptors (Lipinski definition) is 1. The number of alkyl halides is 9. The highest BCUT2D eigenvalue weighted by Crippen LogP contribution is 2.54. The van der Waals surface area contributed by atoms with Gasteiger partial charge in [-0.1, -0.05) is 0 Å². The molecule has 0 aromatic carbocycles. The Morgan fingerprint density at radius 3 is 1.41 bits per heavy atom. The van der Waals surface area contributed by atoms with Gasteiger partial charge in [-0.2, -0.15) is 39.5 Å². The quantitative estimate of drug-likeness (QED) is 0.783. The van der Waals surface area contributed by atoms with Gasteiger partial charge in [-0.15, -0.1) is 0 Å². The number of aliphatic hydroxyl groups excluding tert-OH is 1. The van der Waals surface area contributed by atoms with Crippen LogP contribution in [0.25, 0.3) is 0 Å². The average Bonchev–Trinajstić information content (AvgIpc) is 1.98. The summed E-state index contributed by atoms with van der Waals surface area (Å²) in [6, 6.07) is 0. The molecular formula is C7H6F9O. The summed E-state index contributed by atoms with van der Waals surface area (Å²) in [4.78, 5) is 0. The minimum atomic E-state index is -6.92. The third-order valence-electron chi connectivity index (χ3n) is 1.70. The number of hydrogen-bond donors (Lipinski definition) is 1. The maximum atomic E-state index is 12.5. The van der Waals surface area contributed by atoms with E-state index in [4.69, 9.17) is 5.11 Å². The van der Waals surface area contributed by atoms with E-state index in [1.165, 1.54) is 0 Å². The molecule has 0 heterocycles. The number of halogens is 9. The molecule has 0 aliphatic rings. The third kappa shape index (κ3) is 2.78. The second-order valence-corrected chi connectivity index (χ2v) is 3.21. The molecule has 0 aromatic rings. The summed E-state index contributed by atoms with van der Waals surface area (Å²) in [5.41, 5.74) is 0. The minimum absolute atomic E-state index is 2.33. The summed E-state index contributed by atoms with van der Waals surface area (Å²) < 4.78 is 109. The van der Waals surface area contributed by atoms with E-state index in [-0.39, 0.29) is 0 Å². The van der Waals surface area contributed by atoms with Gasteiger partial charge in [-0.05, 0) is 6.92 Å². The van der Waals surface area contributed by atoms with Crippen molar-refractivity contribution in [3.05, 3.63) is 6.92 Å². The SMILES string of the molecule is [CH2]C(O)CC(F)(F)C(F)(F)C(F)(F)C(F)(F)F. The third-order valence-corrected chi connectivity index (χ3v) is 1.70. The minimum Gasteiger partial charge on any atom is -0.393 e. The summed E-state index contributed by atoms with van der Waals surface area (Å²) in [7, 11) is 0. The molecule has 1 nitrogen and oxygen atoms in total. The smallest absolute Gasteiger partial charge is 0.393 e. The van der Waals surface area contributed by atoms with Gasteiger partial charge in [0.25, 0.3) is 0 Å². The molecule has 0 aromatic heterocycles. The molecule has 10 heteroatoms. The van der Waals surface area contributed by atoms with Crippen LogP contribution in [0.4, 0.5) is 39.5 Å². The Kier molecular flexibility index (Phi) is 4.05. The van der Waals surface area contributed by atoms with Crippen LogP contribution < -0.4 is 0 Å². The van der Waals surface area contributed by atoms with Crippen LogP contribution in [0.15, 0.2) is 0 Å². The Labute approximate surface area is 89.2 Å². The fourth-order valence-corrected chi connectivity index (χ4v) is 0.832. The Balaban J connectivity index is 5.39. The van der Waals surface area contributed by atoms with Crippen molar-refractivity contribution < 1.29 is 44.6 Å². The number of aliphatic hydroxyl groups is 1. The van der Waals surface area contributed by atoms with Gasteiger partial charge < -0.3 is 5.11 Å². The highest BCUT2D eigenvalue weighted by atomic mass is 19.4. The van der Waals surface area contributed by atoms with Crippen LogP contribution >= 0.6 is 0 Å². The molecule has 1 unspecified atom stereocenters. The zero-order valence-corrected chi connectivity index (χ0v) is 7.84. The fourth-order valence-electron chi connectivity index (χ4n) is 0.832. The van der Waals surface area contributed by atoms with Gasteiger partial charge in [-0.25, -0.2) is 0 Å². The van der Waals surface area contributed by atoms with Gasteiger partial charge >= 0.3 is 23.9 Å². The maximum absolute atomic E-state index is 12.5. The maximum Gasteiger partial charge on any atom is 0.460 e. The van der Waals surface area contributed by atoms with E-state index in [0.717, 1.165) is 0 Å². The molecule has 1 radical (unpaired) electrons. The Bertz CT molecular complexity index is 267. The van der Waals surface area contributed by atoms with Crippen molar-refractivity contribution in [3.63, 3.8) is 0 Å². The molecule has 17 heavy (non-hydrogen) atoms. The molecule has 1 N–H and O–H groups in total. The first kappa shape index (κ1) is 16.3. The zero-order chi connectivity index (χ0) is 14.3. The summed E-state index contributed by atoms with van der Waals surface area (Å²) >= 11 is 0. The van der Waals surface area contributed by atoms with Crippen LogP contribution in [0.3, 0.4) is 0 Å². The van der Waals surface area contributed by atoms with Crippen molar-refractivity contribution in [1.82, 2.24) is 0 Å². The zero-order valence-electron chi connectivity index (χ0n) is 7.84. The van der Waals surface area contributed by atoms with Crippen LogP contribution in [0.2, 0.25) is 0 Å². The van der Waals surface area contributed by atoms with Crippen LogP contribution in [0.5, 0.6) is 0 Å². The Hall–Kier alpha value is -0.670. The van der Waals surface area contributed by atoms with E-state index in [2.05, 4.69) is 6.92 Å². The molecule has 0 bridgehead atoms. The molecule has 1 atom stereocenters. The lowest BCUT2D eigenvalue weighted by atomic mass is 9.99. The van der Waals surface area contributed by atoms with E-state index < -0.39 is 36.5 Å². The van der Waals surface area contributed by atoms with Gasteiger partial charge in [0.2, 0.25) is 0 Å². The van der Waals surface area contributed by atoms with E-state index in [1.54, 1.807) is 0 Å². The molecule has 0 spiro atoms. The first-order chi connectivity index (χ1) is 7.17. The predicted molar refractivity (Wildman–Crippen MR) is 36.9 cm³/mol. The predicted octanol–water partition coefficient (Wildman–Crippen LogP) is 3.04. The molecule has 0 amide bonds. The standard InChI is InChI=1S/C7H6F9O/c1-3(17)2-4(8,9)5(10,11)6(12,13)7(14,15)16/h3,17H,1-2H2. The summed E-state index contributed by atoms with van der Waals surface area (Å²) in [5.74, 6) is -19.4. The topological polar surface area (TPSA) is 20.2 Å². The molecule has 0 fully saturated rings. The molecule has 0 rings (SSSR count). The number of rotatable bonds is 4. The van der Waals surface area contributed by atoms with Crippen molar-refractivity contribution in [2.75, 3.05) is 0 Å². The van der Waals surface area contributed by atoms with Crippen LogP contribution in [0.1, 0.15) is 6.42 Å². The lowest BCUT2D eigenvalue weighted by molar-refractivity contribution is -0.397. The van der Waals surface area contributed by atoms with Crippen LogP contribution in [0, 0.1) is 6.92 Å². The largest absolute Gasteiger partial charge is 0.460 e. The monoisotopic (exact) mass is 277 g/mol. The van der Waals surface area contributed by atoms with E-state index in [1.807, 2.05) is 0 Å². The first-order valence-electron chi connectivity index (χ1n) is 3.88. The summed E-state index contributed by atoms with van der Waals surface area (Å²) in [6.45, 7) is 2.40. The van der Waals surface area contributed by atoms with Crippen molar-refractivity contribution in [1.29, 1.82) is 0 Å². The lowest BCUT2D eigenvalue weighted by Gasteiger charge is -2.34. The van der Waals surface area contributed by atoms with Gasteiger partial charge in [0.05, 0.1) is 6.10 Å². The van der Waals surface area contributed by atoms with E-state index in [9.17, 15) is 39.5 Å². The fraction of sp³-hybridized carbons (Fsp3) is 0.857. The average molecular weight is 277 g/mol. The molecule has 0 saturated carbocycles. The normalized spacial score (nSPS) is 17.1. The van der Waals surface area contributed by atoms with Crippen molar-refractivity contribution in [2.24, 2.45) is 0 Å². The van der Waals surface area contributed by atoms with Crippen molar-refractivity contribution in [3.8, 4) is 0 Å². The molecule has 103 valence electrons.